The number of benzene rings is 3. The Bertz CT molecular complexity index is 1970. The normalized spacial score (nSPS) is 14.2. The van der Waals surface area contributed by atoms with Crippen LogP contribution in [0.5, 0.6) is 5.75 Å². The number of amides is 2. The Labute approximate surface area is 275 Å². The molecule has 0 N–H and O–H groups in total. The number of carbonyl (C=O) groups excluding carboxylic acids is 3. The van der Waals surface area contributed by atoms with Gasteiger partial charge in [0.05, 0.1) is 23.3 Å². The third-order valence-corrected chi connectivity index (χ3v) is 9.50. The highest BCUT2D eigenvalue weighted by atomic mass is 32.2. The molecule has 48 heavy (non-hydrogen) atoms. The minimum Gasteiger partial charge on any atom is -0.494 e. The molecule has 0 atom stereocenters. The monoisotopic (exact) mass is 683 g/mol. The van der Waals surface area contributed by atoms with Gasteiger partial charge in [0.2, 0.25) is 0 Å². The van der Waals surface area contributed by atoms with Crippen molar-refractivity contribution in [3.8, 4) is 11.4 Å². The smallest absolute Gasteiger partial charge is 0.435 e. The predicted molar refractivity (Wildman–Crippen MR) is 167 cm³/mol. The van der Waals surface area contributed by atoms with Crippen molar-refractivity contribution >= 4 is 27.8 Å². The summed E-state index contributed by atoms with van der Waals surface area (Å²) >= 11 is 0. The van der Waals surface area contributed by atoms with Crippen LogP contribution in [0.4, 0.5) is 13.2 Å². The number of carbonyl (C=O) groups is 3. The minimum absolute atomic E-state index is 0.0309. The van der Waals surface area contributed by atoms with Gasteiger partial charge in [-0.3, -0.25) is 14.4 Å². The zero-order chi connectivity index (χ0) is 35.0. The summed E-state index contributed by atoms with van der Waals surface area (Å²) < 4.78 is 80.6. The van der Waals surface area contributed by atoms with E-state index < -0.39 is 61.6 Å². The lowest BCUT2D eigenvalue weighted by Crippen LogP contribution is -2.37. The summed E-state index contributed by atoms with van der Waals surface area (Å²) in [7, 11) is -4.89. The molecule has 0 aliphatic carbocycles. The average Bonchev–Trinajstić information content (AvgIpc) is 3.58. The van der Waals surface area contributed by atoms with Crippen LogP contribution in [0.25, 0.3) is 5.69 Å². The molecule has 14 heteroatoms. The quantitative estimate of drug-likeness (QED) is 0.136. The van der Waals surface area contributed by atoms with Crippen LogP contribution in [0.3, 0.4) is 0 Å². The SMILES string of the molecule is CC(C)c1cc(OCCC(C)(C)C(=O)OCc2ccccc2)cc2c1C(=O)N(C(=O)c1cc(C(F)(F)F)nn1-c1ccccc1)S2(=O)=O. The van der Waals surface area contributed by atoms with Crippen LogP contribution >= 0.6 is 0 Å². The van der Waals surface area contributed by atoms with E-state index in [1.165, 1.54) is 30.3 Å². The van der Waals surface area contributed by atoms with Crippen LogP contribution in [-0.2, 0) is 32.3 Å². The van der Waals surface area contributed by atoms with Gasteiger partial charge in [-0.05, 0) is 55.5 Å². The van der Waals surface area contributed by atoms with E-state index in [4.69, 9.17) is 9.47 Å². The molecular weight excluding hydrogens is 651 g/mol. The molecule has 2 amide bonds. The number of sulfonamides is 1. The van der Waals surface area contributed by atoms with Gasteiger partial charge in [-0.2, -0.15) is 22.6 Å². The summed E-state index contributed by atoms with van der Waals surface area (Å²) in [6.07, 6.45) is -4.77. The second-order valence-corrected chi connectivity index (χ2v) is 13.9. The molecule has 1 aromatic heterocycles. The van der Waals surface area contributed by atoms with Gasteiger partial charge in [0, 0.05) is 12.1 Å². The Morgan fingerprint density at radius 1 is 0.938 bits per heavy atom. The Kier molecular flexibility index (Phi) is 9.24. The van der Waals surface area contributed by atoms with Crippen molar-refractivity contribution < 1.29 is 45.4 Å². The van der Waals surface area contributed by atoms with Crippen molar-refractivity contribution in [2.45, 2.75) is 57.7 Å². The first kappa shape index (κ1) is 34.4. The highest BCUT2D eigenvalue weighted by Crippen LogP contribution is 2.40. The first-order valence-corrected chi connectivity index (χ1v) is 16.3. The summed E-state index contributed by atoms with van der Waals surface area (Å²) in [5.41, 5.74) is -2.34. The number of halogens is 3. The van der Waals surface area contributed by atoms with Gasteiger partial charge in [-0.25, -0.2) is 13.1 Å². The standard InChI is InChI=1S/C34H32F3N3O7S/c1-21(2)25-17-24(46-16-15-33(3,4)32(43)47-20-22-11-7-5-8-12-22)18-27-29(25)31(42)40(48(27,44)45)30(41)26-19-28(34(35,36)37)38-39(26)23-13-9-6-10-14-23/h5-14,17-19,21H,15-16,20H2,1-4H3. The van der Waals surface area contributed by atoms with E-state index in [1.54, 1.807) is 33.8 Å². The minimum atomic E-state index is -4.96. The lowest BCUT2D eigenvalue weighted by atomic mass is 9.90. The van der Waals surface area contributed by atoms with Crippen LogP contribution in [0.1, 0.15) is 77.7 Å². The topological polar surface area (TPSA) is 125 Å². The molecule has 3 aromatic carbocycles. The maximum Gasteiger partial charge on any atom is 0.435 e. The number of hydrogen-bond acceptors (Lipinski definition) is 8. The van der Waals surface area contributed by atoms with Crippen LogP contribution in [0, 0.1) is 5.41 Å². The molecule has 1 aliphatic heterocycles. The summed E-state index contributed by atoms with van der Waals surface area (Å²) in [6, 6.07) is 19.5. The van der Waals surface area contributed by atoms with Crippen molar-refractivity contribution in [1.82, 2.24) is 14.1 Å². The number of rotatable bonds is 10. The van der Waals surface area contributed by atoms with E-state index in [2.05, 4.69) is 5.10 Å². The molecule has 0 radical (unpaired) electrons. The fraction of sp³-hybridized carbons (Fsp3) is 0.294. The second-order valence-electron chi connectivity index (χ2n) is 12.1. The fourth-order valence-electron chi connectivity index (χ4n) is 5.08. The Balaban J connectivity index is 1.41. The molecule has 0 unspecified atom stereocenters. The first-order chi connectivity index (χ1) is 22.5. The van der Waals surface area contributed by atoms with Crippen LogP contribution in [-0.4, -0.2) is 46.9 Å². The second kappa shape index (κ2) is 12.9. The van der Waals surface area contributed by atoms with Crippen molar-refractivity contribution in [1.29, 1.82) is 0 Å². The number of para-hydroxylation sites is 1. The zero-order valence-electron chi connectivity index (χ0n) is 26.4. The van der Waals surface area contributed by atoms with Crippen molar-refractivity contribution in [2.75, 3.05) is 6.61 Å². The molecule has 2 heterocycles. The zero-order valence-corrected chi connectivity index (χ0v) is 27.3. The van der Waals surface area contributed by atoms with E-state index in [0.717, 1.165) is 11.6 Å². The van der Waals surface area contributed by atoms with Crippen molar-refractivity contribution in [2.24, 2.45) is 5.41 Å². The molecule has 5 rings (SSSR count). The molecule has 1 aliphatic rings. The first-order valence-electron chi connectivity index (χ1n) is 14.9. The average molecular weight is 684 g/mol. The van der Waals surface area contributed by atoms with Gasteiger partial charge < -0.3 is 9.47 Å². The summed E-state index contributed by atoms with van der Waals surface area (Å²) in [5, 5.41) is 3.50. The van der Waals surface area contributed by atoms with Gasteiger partial charge in [-0.15, -0.1) is 0 Å². The molecule has 0 spiro atoms. The Morgan fingerprint density at radius 3 is 2.17 bits per heavy atom. The van der Waals surface area contributed by atoms with Crippen LogP contribution in [0.15, 0.2) is 83.8 Å². The number of nitrogens with zero attached hydrogens (tertiary/aromatic N) is 3. The maximum absolute atomic E-state index is 13.8. The number of esters is 1. The number of fused-ring (bicyclic) bond motifs is 1. The molecule has 0 saturated carbocycles. The van der Waals surface area contributed by atoms with E-state index >= 15 is 0 Å². The third kappa shape index (κ3) is 6.70. The van der Waals surface area contributed by atoms with Gasteiger partial charge in [-0.1, -0.05) is 62.4 Å². The highest BCUT2D eigenvalue weighted by molar-refractivity contribution is 7.91. The number of aromatic nitrogens is 2. The lowest BCUT2D eigenvalue weighted by molar-refractivity contribution is -0.156. The molecule has 252 valence electrons. The summed E-state index contributed by atoms with van der Waals surface area (Å²) in [4.78, 5) is 39.7. The van der Waals surface area contributed by atoms with Crippen molar-refractivity contribution in [3.63, 3.8) is 0 Å². The fourth-order valence-corrected chi connectivity index (χ4v) is 6.63. The molecule has 4 aromatic rings. The van der Waals surface area contributed by atoms with Crippen LogP contribution < -0.4 is 4.74 Å². The predicted octanol–water partition coefficient (Wildman–Crippen LogP) is 6.54. The molecule has 10 nitrogen and oxygen atoms in total. The summed E-state index contributed by atoms with van der Waals surface area (Å²) in [5.74, 6) is -3.53. The molecule has 0 fully saturated rings. The van der Waals surface area contributed by atoms with Gasteiger partial charge in [0.15, 0.2) is 5.69 Å². The molecule has 0 saturated heterocycles. The van der Waals surface area contributed by atoms with E-state index in [9.17, 15) is 36.0 Å². The Hall–Kier alpha value is -4.98. The number of imide groups is 1. The number of ether oxygens (including phenoxy) is 2. The van der Waals surface area contributed by atoms with Gasteiger partial charge in [0.25, 0.3) is 21.8 Å². The molecule has 0 bridgehead atoms. The van der Waals surface area contributed by atoms with Crippen molar-refractivity contribution in [3.05, 3.63) is 107 Å². The summed E-state index contributed by atoms with van der Waals surface area (Å²) in [6.45, 7) is 6.84. The Morgan fingerprint density at radius 2 is 1.56 bits per heavy atom. The largest absolute Gasteiger partial charge is 0.494 e. The third-order valence-electron chi connectivity index (χ3n) is 7.81. The number of alkyl halides is 3. The number of hydrogen-bond donors (Lipinski definition) is 0. The van der Waals surface area contributed by atoms with E-state index in [0.29, 0.717) is 10.7 Å². The highest BCUT2D eigenvalue weighted by Gasteiger charge is 2.49. The maximum atomic E-state index is 13.8. The van der Waals surface area contributed by atoms with E-state index in [-0.39, 0.29) is 46.5 Å². The van der Waals surface area contributed by atoms with Gasteiger partial charge >= 0.3 is 12.1 Å². The van der Waals surface area contributed by atoms with Crippen LogP contribution in [0.2, 0.25) is 0 Å². The van der Waals surface area contributed by atoms with E-state index in [1.807, 2.05) is 30.3 Å². The van der Waals surface area contributed by atoms with Gasteiger partial charge in [0.1, 0.15) is 22.9 Å². The lowest BCUT2D eigenvalue weighted by Gasteiger charge is -2.23. The molecular formula is C34H32F3N3O7S.